The summed E-state index contributed by atoms with van der Waals surface area (Å²) in [6.07, 6.45) is 3.08. The molecule has 3 amide bonds. The lowest BCUT2D eigenvalue weighted by Gasteiger charge is -2.32. The molecule has 0 spiro atoms. The largest absolute Gasteiger partial charge is 0.395 e. The number of anilines is 3. The van der Waals surface area contributed by atoms with Gasteiger partial charge in [-0.05, 0) is 49.6 Å². The maximum Gasteiger partial charge on any atom is 0.323 e. The zero-order valence-electron chi connectivity index (χ0n) is 23.3. The van der Waals surface area contributed by atoms with Crippen LogP contribution < -0.4 is 21.7 Å². The molecular formula is C29H34FN9O3. The van der Waals surface area contributed by atoms with E-state index in [1.54, 1.807) is 16.8 Å². The van der Waals surface area contributed by atoms with Gasteiger partial charge >= 0.3 is 6.03 Å². The smallest absolute Gasteiger partial charge is 0.323 e. The maximum absolute atomic E-state index is 15.2. The average Bonchev–Trinajstić information content (AvgIpc) is 3.37. The number of piperidine rings is 1. The number of nitrogen functional groups attached to an aromatic ring is 1. The van der Waals surface area contributed by atoms with E-state index in [-0.39, 0.29) is 30.1 Å². The number of likely N-dealkylation sites (tertiary alicyclic amines) is 1. The Balaban J connectivity index is 1.32. The highest BCUT2D eigenvalue weighted by Gasteiger charge is 2.28. The second kappa shape index (κ2) is 12.9. The lowest BCUT2D eigenvalue weighted by Crippen LogP contribution is -2.40. The number of carbonyl (C=O) groups excluding carboxylic acids is 2. The summed E-state index contributed by atoms with van der Waals surface area (Å²) in [7, 11) is 0. The first-order valence-corrected chi connectivity index (χ1v) is 13.9. The number of urea groups is 1. The summed E-state index contributed by atoms with van der Waals surface area (Å²) in [4.78, 5) is 35.5. The number of aliphatic hydroxyl groups excluding tert-OH is 1. The van der Waals surface area contributed by atoms with Crippen molar-refractivity contribution in [2.75, 3.05) is 49.2 Å². The zero-order valence-corrected chi connectivity index (χ0v) is 23.3. The molecule has 12 nitrogen and oxygen atoms in total. The molecule has 5 rings (SSSR count). The molecule has 1 aliphatic heterocycles. The Hall–Kier alpha value is -4.62. The van der Waals surface area contributed by atoms with E-state index in [1.165, 1.54) is 18.5 Å². The number of aryl methyl sites for hydroxylation is 1. The molecule has 0 bridgehead atoms. The van der Waals surface area contributed by atoms with Gasteiger partial charge in [0.15, 0.2) is 5.65 Å². The van der Waals surface area contributed by atoms with Crippen LogP contribution in [0.15, 0.2) is 48.8 Å². The summed E-state index contributed by atoms with van der Waals surface area (Å²) in [5, 5.41) is 22.5. The molecule has 2 aromatic heterocycles. The first-order valence-electron chi connectivity index (χ1n) is 13.9. The molecule has 220 valence electrons. The van der Waals surface area contributed by atoms with Gasteiger partial charge in [-0.25, -0.2) is 23.8 Å². The fourth-order valence-corrected chi connectivity index (χ4v) is 5.14. The third-order valence-electron chi connectivity index (χ3n) is 7.25. The van der Waals surface area contributed by atoms with Gasteiger partial charge in [-0.1, -0.05) is 18.2 Å². The van der Waals surface area contributed by atoms with Gasteiger partial charge in [-0.2, -0.15) is 5.10 Å². The highest BCUT2D eigenvalue weighted by atomic mass is 19.1. The number of fused-ring (bicyclic) bond motifs is 1. The van der Waals surface area contributed by atoms with Crippen molar-refractivity contribution in [2.45, 2.75) is 32.2 Å². The number of benzene rings is 2. The van der Waals surface area contributed by atoms with Crippen LogP contribution in [-0.4, -0.2) is 74.5 Å². The van der Waals surface area contributed by atoms with E-state index in [2.05, 4.69) is 25.9 Å². The van der Waals surface area contributed by atoms with Crippen LogP contribution in [-0.2, 0) is 4.79 Å². The minimum Gasteiger partial charge on any atom is -0.395 e. The summed E-state index contributed by atoms with van der Waals surface area (Å²) in [6, 6.07) is 11.1. The molecule has 0 atom stereocenters. The van der Waals surface area contributed by atoms with Crippen molar-refractivity contribution in [3.63, 3.8) is 0 Å². The monoisotopic (exact) mass is 575 g/mol. The van der Waals surface area contributed by atoms with E-state index in [0.29, 0.717) is 73.4 Å². The number of amides is 3. The van der Waals surface area contributed by atoms with Crippen LogP contribution >= 0.6 is 0 Å². The van der Waals surface area contributed by atoms with E-state index in [0.717, 1.165) is 5.56 Å². The number of hydrogen-bond acceptors (Lipinski definition) is 8. The van der Waals surface area contributed by atoms with Gasteiger partial charge in [0.05, 0.1) is 23.7 Å². The molecule has 13 heteroatoms. The molecule has 0 radical (unpaired) electrons. The number of nitrogens with one attached hydrogen (secondary N) is 3. The van der Waals surface area contributed by atoms with Crippen LogP contribution in [0.4, 0.5) is 26.4 Å². The summed E-state index contributed by atoms with van der Waals surface area (Å²) >= 11 is 0. The highest BCUT2D eigenvalue weighted by Crippen LogP contribution is 2.35. The third kappa shape index (κ3) is 6.47. The Morgan fingerprint density at radius 2 is 1.90 bits per heavy atom. The van der Waals surface area contributed by atoms with Crippen LogP contribution in [0.1, 0.15) is 30.9 Å². The Morgan fingerprint density at radius 1 is 1.10 bits per heavy atom. The molecule has 2 aromatic carbocycles. The molecule has 1 fully saturated rings. The molecule has 6 N–H and O–H groups in total. The van der Waals surface area contributed by atoms with Gasteiger partial charge in [0, 0.05) is 43.9 Å². The van der Waals surface area contributed by atoms with Crippen molar-refractivity contribution in [1.82, 2.24) is 30.0 Å². The van der Waals surface area contributed by atoms with Crippen molar-refractivity contribution in [3.05, 3.63) is 60.2 Å². The Labute approximate surface area is 242 Å². The first-order chi connectivity index (χ1) is 20.3. The van der Waals surface area contributed by atoms with Gasteiger partial charge in [-0.3, -0.25) is 4.79 Å². The summed E-state index contributed by atoms with van der Waals surface area (Å²) in [5.41, 5.74) is 9.28. The standard InChI is InChI=1S/C29H34FN9O3/c1-18-3-2-4-20(15-18)35-29(42)36-23-6-5-19(16-22(23)30)26-25-27(31)33-17-34-28(25)39(37-26)21-8-12-38(13-9-21)24(41)7-10-32-11-14-40/h2-6,15-17,21,32,40H,7-14H2,1H3,(H2,31,33,34)(H2,35,36,42). The van der Waals surface area contributed by atoms with E-state index >= 15 is 4.39 Å². The van der Waals surface area contributed by atoms with Crippen LogP contribution in [0.3, 0.4) is 0 Å². The van der Waals surface area contributed by atoms with Gasteiger partial charge in [-0.15, -0.1) is 0 Å². The topological polar surface area (TPSA) is 163 Å². The predicted octanol–water partition coefficient (Wildman–Crippen LogP) is 3.30. The fraction of sp³-hybridized carbons (Fsp3) is 0.345. The summed E-state index contributed by atoms with van der Waals surface area (Å²) < 4.78 is 17.0. The molecule has 3 heterocycles. The minimum absolute atomic E-state index is 0.0143. The highest BCUT2D eigenvalue weighted by molar-refractivity contribution is 6.01. The number of nitrogens with zero attached hydrogens (tertiary/aromatic N) is 5. The SMILES string of the molecule is Cc1cccc(NC(=O)Nc2ccc(-c3nn(C4CCN(C(=O)CCNCCO)CC4)c4ncnc(N)c34)cc2F)c1. The molecule has 1 saturated heterocycles. The molecule has 0 aliphatic carbocycles. The molecular weight excluding hydrogens is 541 g/mol. The Morgan fingerprint density at radius 3 is 2.64 bits per heavy atom. The van der Waals surface area contributed by atoms with Crippen LogP contribution in [0.2, 0.25) is 0 Å². The van der Waals surface area contributed by atoms with E-state index in [9.17, 15) is 9.59 Å². The number of rotatable bonds is 9. The molecule has 1 aliphatic rings. The van der Waals surface area contributed by atoms with E-state index in [1.807, 2.05) is 30.0 Å². The number of aliphatic hydroxyl groups is 1. The second-order valence-corrected chi connectivity index (χ2v) is 10.2. The zero-order chi connectivity index (χ0) is 29.6. The quantitative estimate of drug-likeness (QED) is 0.190. The lowest BCUT2D eigenvalue weighted by atomic mass is 10.0. The van der Waals surface area contributed by atoms with E-state index in [4.69, 9.17) is 15.9 Å². The normalized spacial score (nSPS) is 13.8. The van der Waals surface area contributed by atoms with Gasteiger partial charge in [0.25, 0.3) is 0 Å². The van der Waals surface area contributed by atoms with Crippen molar-refractivity contribution in [3.8, 4) is 11.3 Å². The van der Waals surface area contributed by atoms with Crippen LogP contribution in [0, 0.1) is 12.7 Å². The van der Waals surface area contributed by atoms with Gasteiger partial charge < -0.3 is 31.7 Å². The number of halogens is 1. The fourth-order valence-electron chi connectivity index (χ4n) is 5.14. The number of carbonyl (C=O) groups is 2. The van der Waals surface area contributed by atoms with E-state index < -0.39 is 11.8 Å². The second-order valence-electron chi connectivity index (χ2n) is 10.2. The Bertz CT molecular complexity index is 1580. The van der Waals surface area contributed by atoms with Crippen LogP contribution in [0.25, 0.3) is 22.3 Å². The summed E-state index contributed by atoms with van der Waals surface area (Å²) in [6.45, 7) is 4.07. The maximum atomic E-state index is 15.2. The molecule has 42 heavy (non-hydrogen) atoms. The number of aromatic nitrogens is 4. The van der Waals surface area contributed by atoms with Gasteiger partial charge in [0.1, 0.15) is 23.7 Å². The minimum atomic E-state index is -0.634. The van der Waals surface area contributed by atoms with Crippen molar-refractivity contribution in [2.24, 2.45) is 0 Å². The first kappa shape index (κ1) is 28.9. The lowest BCUT2D eigenvalue weighted by molar-refractivity contribution is -0.132. The number of nitrogens with two attached hydrogens (primary N) is 1. The molecule has 0 saturated carbocycles. The number of hydrogen-bond donors (Lipinski definition) is 5. The van der Waals surface area contributed by atoms with Gasteiger partial charge in [0.2, 0.25) is 5.91 Å². The van der Waals surface area contributed by atoms with Crippen molar-refractivity contribution in [1.29, 1.82) is 0 Å². The van der Waals surface area contributed by atoms with Crippen molar-refractivity contribution >= 4 is 40.2 Å². The Kier molecular flexibility index (Phi) is 8.88. The van der Waals surface area contributed by atoms with Crippen LogP contribution in [0.5, 0.6) is 0 Å². The average molecular weight is 576 g/mol. The molecule has 4 aromatic rings. The predicted molar refractivity (Wildman–Crippen MR) is 158 cm³/mol. The summed E-state index contributed by atoms with van der Waals surface area (Å²) in [5.74, 6) is -0.345. The van der Waals surface area contributed by atoms with Crippen molar-refractivity contribution < 1.29 is 19.1 Å². The third-order valence-corrected chi connectivity index (χ3v) is 7.25. The molecule has 0 unspecified atom stereocenters.